The number of imide groups is 1. The minimum atomic E-state index is -0.377. The number of morpholine rings is 1. The number of rotatable bonds is 7. The Balaban J connectivity index is 1.26. The van der Waals surface area contributed by atoms with Crippen LogP contribution < -0.4 is 15.5 Å². The molecule has 9 nitrogen and oxygen atoms in total. The van der Waals surface area contributed by atoms with Gasteiger partial charge in [-0.15, -0.1) is 10.2 Å². The van der Waals surface area contributed by atoms with E-state index in [4.69, 9.17) is 4.74 Å². The van der Waals surface area contributed by atoms with Gasteiger partial charge in [-0.2, -0.15) is 0 Å². The second kappa shape index (κ2) is 9.13. The van der Waals surface area contributed by atoms with E-state index in [-0.39, 0.29) is 24.4 Å². The first-order valence-electron chi connectivity index (χ1n) is 10.2. The van der Waals surface area contributed by atoms with Gasteiger partial charge >= 0.3 is 6.03 Å². The zero-order valence-corrected chi connectivity index (χ0v) is 16.9. The highest BCUT2D eigenvalue weighted by molar-refractivity contribution is 7.99. The van der Waals surface area contributed by atoms with Crippen LogP contribution in [0.1, 0.15) is 51.0 Å². The smallest absolute Gasteiger partial charge is 0.321 e. The summed E-state index contributed by atoms with van der Waals surface area (Å²) in [5, 5.41) is 14.9. The normalized spacial score (nSPS) is 20.4. The number of thioether (sulfide) groups is 1. The molecule has 2 heterocycles. The fourth-order valence-electron chi connectivity index (χ4n) is 3.71. The Hall–Kier alpha value is -1.81. The second-order valence-electron chi connectivity index (χ2n) is 7.58. The van der Waals surface area contributed by atoms with Crippen LogP contribution in [0.25, 0.3) is 0 Å². The van der Waals surface area contributed by atoms with Crippen molar-refractivity contribution in [3.05, 3.63) is 0 Å². The largest absolute Gasteiger partial charge is 0.378 e. The summed E-state index contributed by atoms with van der Waals surface area (Å²) in [5.41, 5.74) is 0. The van der Waals surface area contributed by atoms with Crippen molar-refractivity contribution in [1.29, 1.82) is 0 Å². The number of amides is 3. The molecule has 1 aromatic rings. The number of aromatic nitrogens is 3. The SMILES string of the molecule is O=C(CCSc1nnc(N2CCOCC2)n1C1CC1)NC(=O)NC1CCCC1. The van der Waals surface area contributed by atoms with Gasteiger partial charge in [0.25, 0.3) is 0 Å². The van der Waals surface area contributed by atoms with Crippen molar-refractivity contribution in [3.8, 4) is 0 Å². The number of nitrogens with one attached hydrogen (secondary N) is 2. The molecule has 0 spiro atoms. The number of hydrogen-bond donors (Lipinski definition) is 2. The third-order valence-electron chi connectivity index (χ3n) is 5.36. The molecule has 0 radical (unpaired) electrons. The van der Waals surface area contributed by atoms with Crippen molar-refractivity contribution in [1.82, 2.24) is 25.4 Å². The molecule has 1 aromatic heterocycles. The van der Waals surface area contributed by atoms with Crippen LogP contribution in [-0.2, 0) is 9.53 Å². The topological polar surface area (TPSA) is 101 Å². The number of urea groups is 1. The summed E-state index contributed by atoms with van der Waals surface area (Å²) in [6.45, 7) is 3.08. The third-order valence-corrected chi connectivity index (χ3v) is 6.30. The minimum absolute atomic E-state index is 0.206. The molecule has 3 amide bonds. The lowest BCUT2D eigenvalue weighted by Crippen LogP contribution is -2.43. The number of hydrogen-bond acceptors (Lipinski definition) is 7. The summed E-state index contributed by atoms with van der Waals surface area (Å²) < 4.78 is 7.64. The number of carbonyl (C=O) groups is 2. The average molecular weight is 409 g/mol. The molecule has 154 valence electrons. The van der Waals surface area contributed by atoms with Gasteiger partial charge < -0.3 is 15.0 Å². The summed E-state index contributed by atoms with van der Waals surface area (Å²) in [7, 11) is 0. The maximum absolute atomic E-state index is 12.1. The van der Waals surface area contributed by atoms with Crippen molar-refractivity contribution in [2.45, 2.75) is 62.2 Å². The van der Waals surface area contributed by atoms with Crippen molar-refractivity contribution in [2.75, 3.05) is 37.0 Å². The summed E-state index contributed by atoms with van der Waals surface area (Å²) >= 11 is 1.53. The van der Waals surface area contributed by atoms with Gasteiger partial charge in [0.1, 0.15) is 0 Å². The van der Waals surface area contributed by atoms with E-state index in [1.54, 1.807) is 0 Å². The van der Waals surface area contributed by atoms with Gasteiger partial charge in [0.05, 0.1) is 13.2 Å². The summed E-state index contributed by atoms with van der Waals surface area (Å²) in [6, 6.07) is 0.289. The predicted octanol–water partition coefficient (Wildman–Crippen LogP) is 1.70. The number of nitrogens with zero attached hydrogens (tertiary/aromatic N) is 4. The van der Waals surface area contributed by atoms with E-state index in [0.717, 1.165) is 62.7 Å². The Labute approximate surface area is 168 Å². The Morgan fingerprint density at radius 2 is 1.86 bits per heavy atom. The maximum atomic E-state index is 12.1. The Kier molecular flexibility index (Phi) is 6.36. The van der Waals surface area contributed by atoms with Crippen molar-refractivity contribution in [3.63, 3.8) is 0 Å². The van der Waals surface area contributed by atoms with Crippen molar-refractivity contribution >= 4 is 29.6 Å². The van der Waals surface area contributed by atoms with E-state index in [1.807, 2.05) is 0 Å². The molecule has 28 heavy (non-hydrogen) atoms. The lowest BCUT2D eigenvalue weighted by Gasteiger charge is -2.27. The van der Waals surface area contributed by atoms with Gasteiger partial charge in [-0.25, -0.2) is 4.79 Å². The van der Waals surface area contributed by atoms with Gasteiger partial charge in [0, 0.05) is 37.3 Å². The van der Waals surface area contributed by atoms with Gasteiger partial charge in [0.2, 0.25) is 11.9 Å². The average Bonchev–Trinajstić information content (AvgIpc) is 3.23. The fourth-order valence-corrected chi connectivity index (χ4v) is 4.65. The van der Waals surface area contributed by atoms with Crippen LogP contribution in [0.2, 0.25) is 0 Å². The van der Waals surface area contributed by atoms with E-state index >= 15 is 0 Å². The van der Waals surface area contributed by atoms with Crippen LogP contribution in [0.5, 0.6) is 0 Å². The van der Waals surface area contributed by atoms with E-state index in [0.29, 0.717) is 25.0 Å². The first-order valence-corrected chi connectivity index (χ1v) is 11.2. The molecular weight excluding hydrogens is 380 g/mol. The third kappa shape index (κ3) is 4.96. The summed E-state index contributed by atoms with van der Waals surface area (Å²) in [4.78, 5) is 26.2. The van der Waals surface area contributed by atoms with E-state index in [1.165, 1.54) is 11.8 Å². The van der Waals surface area contributed by atoms with Crippen LogP contribution in [0, 0.1) is 0 Å². The first-order chi connectivity index (χ1) is 13.7. The van der Waals surface area contributed by atoms with Crippen LogP contribution in [0.3, 0.4) is 0 Å². The fraction of sp³-hybridized carbons (Fsp3) is 0.778. The van der Waals surface area contributed by atoms with E-state index < -0.39 is 0 Å². The quantitative estimate of drug-likeness (QED) is 0.662. The molecule has 3 fully saturated rings. The highest BCUT2D eigenvalue weighted by atomic mass is 32.2. The molecule has 4 rings (SSSR count). The van der Waals surface area contributed by atoms with E-state index in [9.17, 15) is 9.59 Å². The molecule has 2 N–H and O–H groups in total. The van der Waals surface area contributed by atoms with Crippen LogP contribution in [-0.4, -0.2) is 64.8 Å². The highest BCUT2D eigenvalue weighted by Crippen LogP contribution is 2.41. The molecule has 0 aromatic carbocycles. The monoisotopic (exact) mass is 408 g/mol. The Morgan fingerprint density at radius 3 is 2.57 bits per heavy atom. The van der Waals surface area contributed by atoms with Crippen LogP contribution in [0.15, 0.2) is 5.16 Å². The zero-order valence-electron chi connectivity index (χ0n) is 16.1. The molecule has 0 bridgehead atoms. The van der Waals surface area contributed by atoms with Crippen molar-refractivity contribution < 1.29 is 14.3 Å². The van der Waals surface area contributed by atoms with Gasteiger partial charge in [-0.05, 0) is 25.7 Å². The molecule has 2 aliphatic carbocycles. The first kappa shape index (κ1) is 19.5. The Morgan fingerprint density at radius 1 is 1.11 bits per heavy atom. The number of ether oxygens (including phenoxy) is 1. The lowest BCUT2D eigenvalue weighted by molar-refractivity contribution is -0.119. The van der Waals surface area contributed by atoms with Gasteiger partial charge in [0.15, 0.2) is 5.16 Å². The highest BCUT2D eigenvalue weighted by Gasteiger charge is 2.32. The zero-order chi connectivity index (χ0) is 19.3. The summed E-state index contributed by atoms with van der Waals surface area (Å²) in [5.74, 6) is 1.22. The number of anilines is 1. The standard InChI is InChI=1S/C18H28N6O3S/c25-15(20-16(26)19-13-3-1-2-4-13)7-12-28-18-22-21-17(24(18)14-5-6-14)23-8-10-27-11-9-23/h13-14H,1-12H2,(H2,19,20,25,26). The molecule has 10 heteroatoms. The minimum Gasteiger partial charge on any atom is -0.378 e. The molecule has 0 atom stereocenters. The molecule has 2 saturated carbocycles. The molecule has 3 aliphatic rings. The van der Waals surface area contributed by atoms with Gasteiger partial charge in [-0.1, -0.05) is 24.6 Å². The summed E-state index contributed by atoms with van der Waals surface area (Å²) in [6.07, 6.45) is 6.84. The molecule has 0 unspecified atom stereocenters. The van der Waals surface area contributed by atoms with Crippen LogP contribution in [0.4, 0.5) is 10.7 Å². The second-order valence-corrected chi connectivity index (χ2v) is 8.65. The van der Waals surface area contributed by atoms with Crippen LogP contribution >= 0.6 is 11.8 Å². The number of carbonyl (C=O) groups excluding carboxylic acids is 2. The Bertz CT molecular complexity index is 695. The maximum Gasteiger partial charge on any atom is 0.321 e. The molecular formula is C18H28N6O3S. The van der Waals surface area contributed by atoms with E-state index in [2.05, 4.69) is 30.3 Å². The van der Waals surface area contributed by atoms with Gasteiger partial charge in [-0.3, -0.25) is 14.7 Å². The molecule has 1 aliphatic heterocycles. The molecule has 1 saturated heterocycles. The van der Waals surface area contributed by atoms with Crippen molar-refractivity contribution in [2.24, 2.45) is 0 Å². The lowest BCUT2D eigenvalue weighted by atomic mass is 10.2. The predicted molar refractivity (Wildman–Crippen MR) is 106 cm³/mol.